The first-order valence-corrected chi connectivity index (χ1v) is 37.0. The van der Waals surface area contributed by atoms with E-state index in [0.29, 0.717) is 0 Å². The number of nitrogens with zero attached hydrogens (tertiary/aromatic N) is 2. The molecule has 4 nitrogen and oxygen atoms in total. The fourth-order valence-electron chi connectivity index (χ4n) is 17.4. The number of ether oxygens (including phenoxy) is 2. The predicted molar refractivity (Wildman–Crippen MR) is 435 cm³/mol. The third kappa shape index (κ3) is 10.6. The SMILES string of the molecule is c1ccc(-c2ccc(N(c3ccc(-c4ccc(N(c5ccc(-c6ccccc6)cc5)c5ccc6c(c5)C(c5ccccc5)(c5ccc(Oc7ccc8c(c7)CC8)cc5)c5ccccc5-6)cc4)cc3)c3ccc4c(c3)C(c3ccccc3)(c3ccc(Oc5ccc6c(c5)CC6)cc3)c3ccccc3-4)cc2)cc1. The van der Waals surface area contributed by atoms with Crippen molar-refractivity contribution in [3.05, 3.63) is 455 Å². The van der Waals surface area contributed by atoms with Crippen molar-refractivity contribution in [2.75, 3.05) is 9.80 Å². The van der Waals surface area contributed by atoms with Gasteiger partial charge >= 0.3 is 0 Å². The van der Waals surface area contributed by atoms with Crippen molar-refractivity contribution in [2.24, 2.45) is 0 Å². The zero-order chi connectivity index (χ0) is 70.1. The number of hydrogen-bond acceptors (Lipinski definition) is 4. The Bertz CT molecular complexity index is 5590. The van der Waals surface area contributed by atoms with E-state index >= 15 is 0 Å². The molecule has 16 aromatic rings. The molecule has 0 amide bonds. The summed E-state index contributed by atoms with van der Waals surface area (Å²) in [6.07, 6.45) is 4.49. The molecule has 16 aromatic carbocycles. The number of rotatable bonds is 17. The number of aryl methyl sites for hydroxylation is 4. The summed E-state index contributed by atoms with van der Waals surface area (Å²) < 4.78 is 13.2. The maximum absolute atomic E-state index is 6.58. The van der Waals surface area contributed by atoms with Crippen molar-refractivity contribution >= 4 is 34.1 Å². The zero-order valence-corrected chi connectivity index (χ0v) is 58.5. The van der Waals surface area contributed by atoms with Gasteiger partial charge in [-0.05, 0) is 269 Å². The maximum Gasteiger partial charge on any atom is 0.127 e. The Morgan fingerprint density at radius 3 is 0.792 bits per heavy atom. The van der Waals surface area contributed by atoms with Gasteiger partial charge in [-0.15, -0.1) is 0 Å². The van der Waals surface area contributed by atoms with E-state index in [-0.39, 0.29) is 0 Å². The van der Waals surface area contributed by atoms with Gasteiger partial charge in [0, 0.05) is 34.1 Å². The maximum atomic E-state index is 6.58. The van der Waals surface area contributed by atoms with Crippen LogP contribution in [0.4, 0.5) is 34.1 Å². The highest BCUT2D eigenvalue weighted by atomic mass is 16.5. The largest absolute Gasteiger partial charge is 0.457 e. The van der Waals surface area contributed by atoms with Gasteiger partial charge in [-0.1, -0.05) is 267 Å². The van der Waals surface area contributed by atoms with Crippen molar-refractivity contribution in [3.8, 4) is 78.6 Å². The lowest BCUT2D eigenvalue weighted by Crippen LogP contribution is -2.28. The molecule has 502 valence electrons. The number of anilines is 6. The van der Waals surface area contributed by atoms with E-state index < -0.39 is 10.8 Å². The second-order valence-electron chi connectivity index (χ2n) is 28.5. The second-order valence-corrected chi connectivity index (χ2v) is 28.5. The Hall–Kier alpha value is -13.3. The van der Waals surface area contributed by atoms with Crippen LogP contribution in [-0.4, -0.2) is 0 Å². The van der Waals surface area contributed by atoms with Crippen LogP contribution in [0.5, 0.6) is 23.0 Å². The molecule has 0 saturated heterocycles. The second kappa shape index (κ2) is 25.9. The molecule has 20 rings (SSSR count). The van der Waals surface area contributed by atoms with Crippen molar-refractivity contribution in [1.82, 2.24) is 0 Å². The molecule has 4 aliphatic carbocycles. The van der Waals surface area contributed by atoms with Crippen molar-refractivity contribution in [2.45, 2.75) is 36.5 Å². The van der Waals surface area contributed by atoms with E-state index in [9.17, 15) is 0 Å². The summed E-state index contributed by atoms with van der Waals surface area (Å²) in [6, 6.07) is 143. The standard InChI is InChI=1S/C102H72N2O2/c1-5-17-69(18-6-1)71-33-47-83(48-34-71)103(87-55-63-95-93-25-13-15-27-97(93)101(99(95)67-87,79-21-9-3-10-22-79)81-43-59-89(60-44-81)105-91-57-41-75-29-31-77(75)65-91)85-51-37-73(38-52-85)74-39-53-86(54-40-74)104(84-49-35-72(36-50-84)70-19-7-2-8-20-70)88-56-64-96-94-26-14-16-28-98(94)102(100(96)68-88,80-23-11-4-12-24-80)82-45-61-90(62-46-82)106-92-58-42-76-30-32-78(76)66-92/h1-28,33-68H,29-32H2. The first-order chi connectivity index (χ1) is 52.5. The van der Waals surface area contributed by atoms with Gasteiger partial charge in [0.2, 0.25) is 0 Å². The van der Waals surface area contributed by atoms with E-state index in [4.69, 9.17) is 9.47 Å². The summed E-state index contributed by atoms with van der Waals surface area (Å²) in [6.45, 7) is 0. The molecular formula is C102H72N2O2. The van der Waals surface area contributed by atoms with E-state index in [1.54, 1.807) is 0 Å². The monoisotopic (exact) mass is 1360 g/mol. The lowest BCUT2D eigenvalue weighted by Gasteiger charge is -2.35. The number of hydrogen-bond donors (Lipinski definition) is 0. The molecule has 0 fully saturated rings. The first-order valence-electron chi connectivity index (χ1n) is 37.0. The van der Waals surface area contributed by atoms with Gasteiger partial charge in [-0.25, -0.2) is 0 Å². The molecule has 0 spiro atoms. The molecule has 4 aliphatic rings. The van der Waals surface area contributed by atoms with Crippen LogP contribution in [0, 0.1) is 0 Å². The van der Waals surface area contributed by atoms with Crippen molar-refractivity contribution in [1.29, 1.82) is 0 Å². The van der Waals surface area contributed by atoms with Gasteiger partial charge in [0.05, 0.1) is 10.8 Å². The minimum absolute atomic E-state index is 0.650. The van der Waals surface area contributed by atoms with E-state index in [1.165, 1.54) is 100 Å². The third-order valence-corrected chi connectivity index (χ3v) is 22.8. The van der Waals surface area contributed by atoms with Crippen LogP contribution in [-0.2, 0) is 36.5 Å². The van der Waals surface area contributed by atoms with E-state index in [1.807, 2.05) is 0 Å². The van der Waals surface area contributed by atoms with Crippen LogP contribution in [0.3, 0.4) is 0 Å². The van der Waals surface area contributed by atoms with Crippen LogP contribution < -0.4 is 19.3 Å². The quantitative estimate of drug-likeness (QED) is 0.0907. The lowest BCUT2D eigenvalue weighted by molar-refractivity contribution is 0.480. The van der Waals surface area contributed by atoms with Crippen LogP contribution in [0.1, 0.15) is 66.8 Å². The summed E-state index contributed by atoms with van der Waals surface area (Å²) in [5.74, 6) is 3.39. The normalized spacial score (nSPS) is 15.3. The minimum Gasteiger partial charge on any atom is -0.457 e. The van der Waals surface area contributed by atoms with Gasteiger partial charge in [0.1, 0.15) is 23.0 Å². The Morgan fingerprint density at radius 1 is 0.189 bits per heavy atom. The van der Waals surface area contributed by atoms with E-state index in [0.717, 1.165) is 105 Å². The van der Waals surface area contributed by atoms with Crippen LogP contribution in [0.2, 0.25) is 0 Å². The zero-order valence-electron chi connectivity index (χ0n) is 58.5. The van der Waals surface area contributed by atoms with Gasteiger partial charge in [-0.3, -0.25) is 0 Å². The van der Waals surface area contributed by atoms with Gasteiger partial charge in [-0.2, -0.15) is 0 Å². The Morgan fingerprint density at radius 2 is 0.462 bits per heavy atom. The van der Waals surface area contributed by atoms with Gasteiger partial charge in [0.15, 0.2) is 0 Å². The molecule has 106 heavy (non-hydrogen) atoms. The highest BCUT2D eigenvalue weighted by molar-refractivity contribution is 5.93. The summed E-state index contributed by atoms with van der Waals surface area (Å²) in [5.41, 5.74) is 32.2. The topological polar surface area (TPSA) is 24.9 Å². The Kier molecular flexibility index (Phi) is 15.3. The molecule has 0 saturated carbocycles. The molecule has 0 radical (unpaired) electrons. The summed E-state index contributed by atoms with van der Waals surface area (Å²) in [7, 11) is 0. The lowest BCUT2D eigenvalue weighted by atomic mass is 9.67. The van der Waals surface area contributed by atoms with Crippen molar-refractivity contribution in [3.63, 3.8) is 0 Å². The molecular weight excluding hydrogens is 1290 g/mol. The molecule has 0 N–H and O–H groups in total. The van der Waals surface area contributed by atoms with E-state index in [2.05, 4.69) is 398 Å². The highest BCUT2D eigenvalue weighted by Crippen LogP contribution is 2.60. The van der Waals surface area contributed by atoms with Crippen LogP contribution in [0.25, 0.3) is 55.6 Å². The summed E-state index contributed by atoms with van der Waals surface area (Å²) in [4.78, 5) is 4.85. The molecule has 0 aromatic heterocycles. The molecule has 0 aliphatic heterocycles. The first kappa shape index (κ1) is 62.5. The Balaban J connectivity index is 0.679. The average molecular weight is 1360 g/mol. The average Bonchev–Trinajstić information content (AvgIpc) is 1.54. The summed E-state index contributed by atoms with van der Waals surface area (Å²) in [5, 5.41) is 0. The van der Waals surface area contributed by atoms with Crippen molar-refractivity contribution < 1.29 is 9.47 Å². The molecule has 0 bridgehead atoms. The highest BCUT2D eigenvalue weighted by Gasteiger charge is 2.48. The number of benzene rings is 16. The minimum atomic E-state index is -0.650. The van der Waals surface area contributed by atoms with Crippen LogP contribution in [0.15, 0.2) is 388 Å². The van der Waals surface area contributed by atoms with Gasteiger partial charge < -0.3 is 19.3 Å². The van der Waals surface area contributed by atoms with Crippen LogP contribution >= 0.6 is 0 Å². The predicted octanol–water partition coefficient (Wildman–Crippen LogP) is 26.1. The number of fused-ring (bicyclic) bond motifs is 8. The third-order valence-electron chi connectivity index (χ3n) is 22.8. The fourth-order valence-corrected chi connectivity index (χ4v) is 17.4. The molecule has 2 unspecified atom stereocenters. The molecule has 4 heteroatoms. The van der Waals surface area contributed by atoms with Gasteiger partial charge in [0.25, 0.3) is 0 Å². The summed E-state index contributed by atoms with van der Waals surface area (Å²) >= 11 is 0. The molecule has 0 heterocycles. The fraction of sp³-hybridized carbons (Fsp3) is 0.0588. The Labute approximate surface area is 619 Å². The molecule has 2 atom stereocenters. The smallest absolute Gasteiger partial charge is 0.127 e.